The fourth-order valence-corrected chi connectivity index (χ4v) is 2.70. The van der Waals surface area contributed by atoms with Crippen LogP contribution < -0.4 is 10.6 Å². The lowest BCUT2D eigenvalue weighted by Crippen LogP contribution is -2.39. The highest BCUT2D eigenvalue weighted by Crippen LogP contribution is 2.42. The number of carbonyl (C=O) groups excluding carboxylic acids is 2. The number of nitrogens with zero attached hydrogens (tertiary/aromatic N) is 3. The summed E-state index contributed by atoms with van der Waals surface area (Å²) in [5.41, 5.74) is 6.17. The number of urea groups is 1. The predicted octanol–water partition coefficient (Wildman–Crippen LogP) is 2.00. The topological polar surface area (TPSA) is 102 Å². The van der Waals surface area contributed by atoms with Crippen LogP contribution in [0.1, 0.15) is 17.4 Å². The number of amides is 3. The first-order chi connectivity index (χ1) is 10.0. The fourth-order valence-electron chi connectivity index (χ4n) is 2.23. The first kappa shape index (κ1) is 13.9. The van der Waals surface area contributed by atoms with E-state index in [1.165, 1.54) is 11.8 Å². The molecule has 3 amide bonds. The van der Waals surface area contributed by atoms with E-state index >= 15 is 0 Å². The molecule has 1 aromatic heterocycles. The molecule has 1 unspecified atom stereocenters. The highest BCUT2D eigenvalue weighted by molar-refractivity contribution is 7.98. The smallest absolute Gasteiger partial charge is 0.326 e. The average molecular weight is 325 g/mol. The van der Waals surface area contributed by atoms with Crippen molar-refractivity contribution in [1.29, 1.82) is 0 Å². The van der Waals surface area contributed by atoms with Crippen LogP contribution in [0, 0.1) is 0 Å². The van der Waals surface area contributed by atoms with Gasteiger partial charge in [0, 0.05) is 5.02 Å². The van der Waals surface area contributed by atoms with Crippen LogP contribution in [0.5, 0.6) is 0 Å². The summed E-state index contributed by atoms with van der Waals surface area (Å²) in [4.78, 5) is 24.9. The van der Waals surface area contributed by atoms with Crippen molar-refractivity contribution < 1.29 is 14.0 Å². The zero-order valence-corrected chi connectivity index (χ0v) is 12.3. The minimum atomic E-state index is -0.875. The van der Waals surface area contributed by atoms with Crippen molar-refractivity contribution in [3.63, 3.8) is 0 Å². The Kier molecular flexibility index (Phi) is 3.34. The zero-order chi connectivity index (χ0) is 15.1. The molecule has 0 saturated carbocycles. The number of thioether (sulfide) groups is 1. The van der Waals surface area contributed by atoms with Gasteiger partial charge in [-0.15, -0.1) is 10.2 Å². The van der Waals surface area contributed by atoms with E-state index in [1.54, 1.807) is 24.5 Å². The van der Waals surface area contributed by atoms with Crippen molar-refractivity contribution in [1.82, 2.24) is 10.2 Å². The molecule has 2 aromatic rings. The first-order valence-electron chi connectivity index (χ1n) is 5.83. The van der Waals surface area contributed by atoms with E-state index in [4.69, 9.17) is 21.8 Å². The maximum Gasteiger partial charge on any atom is 0.326 e. The average Bonchev–Trinajstić information content (AvgIpc) is 2.99. The van der Waals surface area contributed by atoms with E-state index in [1.807, 2.05) is 0 Å². The second-order valence-electron chi connectivity index (χ2n) is 4.26. The summed E-state index contributed by atoms with van der Waals surface area (Å²) in [6.45, 7) is 0. The van der Waals surface area contributed by atoms with Gasteiger partial charge in [0.1, 0.15) is 5.92 Å². The minimum absolute atomic E-state index is 0.108. The molecule has 21 heavy (non-hydrogen) atoms. The Labute approximate surface area is 128 Å². The number of carbonyl (C=O) groups is 2. The van der Waals surface area contributed by atoms with Crippen LogP contribution in [0.2, 0.25) is 5.02 Å². The third-order valence-electron chi connectivity index (χ3n) is 3.07. The van der Waals surface area contributed by atoms with E-state index in [0.717, 1.165) is 4.90 Å². The Morgan fingerprint density at radius 1 is 1.48 bits per heavy atom. The summed E-state index contributed by atoms with van der Waals surface area (Å²) in [5.74, 6) is -1.30. The second kappa shape index (κ2) is 5.05. The van der Waals surface area contributed by atoms with Gasteiger partial charge in [-0.2, -0.15) is 0 Å². The third-order valence-corrected chi connectivity index (χ3v) is 3.82. The van der Waals surface area contributed by atoms with Gasteiger partial charge in [0.05, 0.1) is 5.69 Å². The standard InChI is InChI=1S/C12H9ClN4O3S/c1-21-12-16-15-9(20-12)8-6-4-5(13)2-3-7(6)17(10(8)18)11(14)19/h2-4,8H,1H3,(H2,14,19). The highest BCUT2D eigenvalue weighted by Gasteiger charge is 2.44. The van der Waals surface area contributed by atoms with E-state index in [2.05, 4.69) is 10.2 Å². The van der Waals surface area contributed by atoms with Gasteiger partial charge in [-0.25, -0.2) is 9.69 Å². The van der Waals surface area contributed by atoms with Crippen molar-refractivity contribution in [2.75, 3.05) is 11.2 Å². The molecule has 0 aliphatic carbocycles. The molecule has 108 valence electrons. The Bertz CT molecular complexity index is 748. The van der Waals surface area contributed by atoms with Gasteiger partial charge in [-0.1, -0.05) is 23.4 Å². The van der Waals surface area contributed by atoms with Gasteiger partial charge < -0.3 is 10.2 Å². The number of anilines is 1. The van der Waals surface area contributed by atoms with Gasteiger partial charge in [-0.3, -0.25) is 4.79 Å². The lowest BCUT2D eigenvalue weighted by molar-refractivity contribution is -0.118. The van der Waals surface area contributed by atoms with Crippen LogP contribution in [0.15, 0.2) is 27.8 Å². The lowest BCUT2D eigenvalue weighted by atomic mass is 10.0. The lowest BCUT2D eigenvalue weighted by Gasteiger charge is -2.11. The summed E-state index contributed by atoms with van der Waals surface area (Å²) in [6, 6.07) is 3.86. The number of hydrogen-bond acceptors (Lipinski definition) is 6. The monoisotopic (exact) mass is 324 g/mol. The molecule has 1 aliphatic heterocycles. The molecule has 1 aromatic carbocycles. The Morgan fingerprint density at radius 3 is 2.86 bits per heavy atom. The predicted molar refractivity (Wildman–Crippen MR) is 76.4 cm³/mol. The van der Waals surface area contributed by atoms with Gasteiger partial charge in [0.25, 0.3) is 11.1 Å². The van der Waals surface area contributed by atoms with E-state index < -0.39 is 17.9 Å². The maximum atomic E-state index is 12.5. The van der Waals surface area contributed by atoms with Gasteiger partial charge in [0.2, 0.25) is 5.89 Å². The number of primary amides is 1. The molecular weight excluding hydrogens is 316 g/mol. The van der Waals surface area contributed by atoms with E-state index in [-0.39, 0.29) is 5.89 Å². The summed E-state index contributed by atoms with van der Waals surface area (Å²) in [5, 5.41) is 8.43. The Hall–Kier alpha value is -2.06. The van der Waals surface area contributed by atoms with Gasteiger partial charge >= 0.3 is 6.03 Å². The highest BCUT2D eigenvalue weighted by atomic mass is 35.5. The molecule has 2 N–H and O–H groups in total. The summed E-state index contributed by atoms with van der Waals surface area (Å²) < 4.78 is 5.41. The molecule has 9 heteroatoms. The van der Waals surface area contributed by atoms with Gasteiger partial charge in [-0.05, 0) is 30.0 Å². The summed E-state index contributed by atoms with van der Waals surface area (Å²) >= 11 is 7.23. The minimum Gasteiger partial charge on any atom is -0.415 e. The number of rotatable bonds is 2. The summed E-state index contributed by atoms with van der Waals surface area (Å²) in [7, 11) is 0. The Balaban J connectivity index is 2.15. The molecule has 0 radical (unpaired) electrons. The van der Waals surface area contributed by atoms with Crippen molar-refractivity contribution in [3.8, 4) is 0 Å². The molecule has 3 rings (SSSR count). The van der Waals surface area contributed by atoms with E-state index in [0.29, 0.717) is 21.5 Å². The normalized spacial score (nSPS) is 17.1. The third kappa shape index (κ3) is 2.16. The van der Waals surface area contributed by atoms with Crippen molar-refractivity contribution in [3.05, 3.63) is 34.7 Å². The van der Waals surface area contributed by atoms with Crippen molar-refractivity contribution >= 4 is 41.0 Å². The molecule has 1 aliphatic rings. The number of fused-ring (bicyclic) bond motifs is 1. The van der Waals surface area contributed by atoms with Crippen LogP contribution in [-0.4, -0.2) is 28.4 Å². The molecule has 0 saturated heterocycles. The number of aromatic nitrogens is 2. The zero-order valence-electron chi connectivity index (χ0n) is 10.7. The first-order valence-corrected chi connectivity index (χ1v) is 7.43. The summed E-state index contributed by atoms with van der Waals surface area (Å²) in [6.07, 6.45) is 1.77. The largest absolute Gasteiger partial charge is 0.415 e. The maximum absolute atomic E-state index is 12.5. The van der Waals surface area contributed by atoms with Crippen molar-refractivity contribution in [2.45, 2.75) is 11.1 Å². The number of nitrogens with two attached hydrogens (primary N) is 1. The van der Waals surface area contributed by atoms with E-state index in [9.17, 15) is 9.59 Å². The number of imide groups is 1. The fraction of sp³-hybridized carbons (Fsp3) is 0.167. The number of halogens is 1. The Morgan fingerprint density at radius 2 is 2.24 bits per heavy atom. The van der Waals surface area contributed by atoms with Crippen LogP contribution in [0.4, 0.5) is 10.5 Å². The molecule has 0 spiro atoms. The van der Waals surface area contributed by atoms with Crippen LogP contribution >= 0.6 is 23.4 Å². The molecule has 1 atom stereocenters. The molecule has 0 fully saturated rings. The quantitative estimate of drug-likeness (QED) is 0.848. The molecule has 7 nitrogen and oxygen atoms in total. The number of hydrogen-bond donors (Lipinski definition) is 1. The molecular formula is C12H9ClN4O3S. The molecule has 2 heterocycles. The van der Waals surface area contributed by atoms with Crippen LogP contribution in [-0.2, 0) is 4.79 Å². The van der Waals surface area contributed by atoms with Crippen molar-refractivity contribution in [2.24, 2.45) is 5.73 Å². The van der Waals surface area contributed by atoms with Crippen LogP contribution in [0.3, 0.4) is 0 Å². The van der Waals surface area contributed by atoms with Crippen LogP contribution in [0.25, 0.3) is 0 Å². The number of benzene rings is 1. The molecule has 0 bridgehead atoms. The SMILES string of the molecule is CSc1nnc(C2C(=O)N(C(N)=O)c3ccc(Cl)cc32)o1. The second-order valence-corrected chi connectivity index (χ2v) is 5.45. The van der Waals surface area contributed by atoms with Gasteiger partial charge in [0.15, 0.2) is 0 Å².